The maximum Gasteiger partial charge on any atom is 0.124 e. The molecule has 0 saturated carbocycles. The minimum Gasteiger partial charge on any atom is -0.494 e. The van der Waals surface area contributed by atoms with Gasteiger partial charge in [0.05, 0.1) is 12.6 Å². The Morgan fingerprint density at radius 2 is 1.95 bits per heavy atom. The van der Waals surface area contributed by atoms with Crippen molar-refractivity contribution in [1.29, 1.82) is 0 Å². The Morgan fingerprint density at radius 3 is 2.60 bits per heavy atom. The number of nitrogens with one attached hydrogen (secondary N) is 1. The van der Waals surface area contributed by atoms with E-state index in [1.54, 1.807) is 0 Å². The molecule has 5 nitrogen and oxygen atoms in total. The van der Waals surface area contributed by atoms with Gasteiger partial charge in [0.2, 0.25) is 0 Å². The maximum atomic E-state index is 5.96. The fourth-order valence-corrected chi connectivity index (χ4v) is 2.46. The molecule has 1 fully saturated rings. The lowest BCUT2D eigenvalue weighted by molar-refractivity contribution is 0.0874. The molecule has 1 heterocycles. The van der Waals surface area contributed by atoms with Crippen molar-refractivity contribution in [2.45, 2.75) is 13.0 Å². The summed E-state index contributed by atoms with van der Waals surface area (Å²) in [6, 6.07) is 8.23. The van der Waals surface area contributed by atoms with E-state index in [4.69, 9.17) is 10.5 Å². The van der Waals surface area contributed by atoms with Crippen LogP contribution in [0.5, 0.6) is 5.75 Å². The number of hydrogen-bond acceptors (Lipinski definition) is 5. The third kappa shape index (κ3) is 3.93. The van der Waals surface area contributed by atoms with Crippen molar-refractivity contribution in [1.82, 2.24) is 15.3 Å². The van der Waals surface area contributed by atoms with Crippen LogP contribution in [0, 0.1) is 0 Å². The average molecular weight is 278 g/mol. The number of para-hydroxylation sites is 1. The number of ether oxygens (including phenoxy) is 1. The average Bonchev–Trinajstić information content (AvgIpc) is 2.48. The highest BCUT2D eigenvalue weighted by atomic mass is 16.5. The van der Waals surface area contributed by atoms with Crippen LogP contribution in [0.3, 0.4) is 0 Å². The highest BCUT2D eigenvalue weighted by molar-refractivity contribution is 5.36. The van der Waals surface area contributed by atoms with E-state index in [0.29, 0.717) is 13.2 Å². The Hall–Kier alpha value is -1.14. The molecule has 1 saturated heterocycles. The second kappa shape index (κ2) is 7.59. The second-order valence-electron chi connectivity index (χ2n) is 5.18. The first-order chi connectivity index (χ1) is 9.74. The Kier molecular flexibility index (Phi) is 5.79. The van der Waals surface area contributed by atoms with E-state index in [1.807, 2.05) is 25.1 Å². The Labute approximate surface area is 121 Å². The predicted octanol–water partition coefficient (Wildman–Crippen LogP) is 0.837. The quantitative estimate of drug-likeness (QED) is 0.807. The molecule has 0 amide bonds. The van der Waals surface area contributed by atoms with Crippen molar-refractivity contribution in [3.63, 3.8) is 0 Å². The molecular formula is C15H26N4O. The van der Waals surface area contributed by atoms with Crippen LogP contribution in [0.15, 0.2) is 24.3 Å². The third-order valence-electron chi connectivity index (χ3n) is 3.67. The van der Waals surface area contributed by atoms with E-state index in [9.17, 15) is 0 Å². The van der Waals surface area contributed by atoms with Gasteiger partial charge in [0.25, 0.3) is 0 Å². The molecule has 112 valence electrons. The molecule has 0 bridgehead atoms. The van der Waals surface area contributed by atoms with Crippen molar-refractivity contribution in [3.05, 3.63) is 29.8 Å². The summed E-state index contributed by atoms with van der Waals surface area (Å²) in [7, 11) is 2.15. The number of likely N-dealkylation sites (N-methyl/N-ethyl adjacent to an activating group) is 1. The van der Waals surface area contributed by atoms with Crippen molar-refractivity contribution < 1.29 is 4.74 Å². The zero-order valence-corrected chi connectivity index (χ0v) is 12.5. The van der Waals surface area contributed by atoms with Crippen molar-refractivity contribution in [2.75, 3.05) is 46.4 Å². The molecule has 1 aromatic rings. The summed E-state index contributed by atoms with van der Waals surface area (Å²) in [5, 5.41) is 2.26. The number of hydrazine groups is 1. The van der Waals surface area contributed by atoms with Gasteiger partial charge in [-0.1, -0.05) is 18.2 Å². The van der Waals surface area contributed by atoms with Gasteiger partial charge in [-0.05, 0) is 20.0 Å². The van der Waals surface area contributed by atoms with Crippen molar-refractivity contribution >= 4 is 0 Å². The second-order valence-corrected chi connectivity index (χ2v) is 5.18. The lowest BCUT2D eigenvalue weighted by Gasteiger charge is -2.35. The van der Waals surface area contributed by atoms with Crippen LogP contribution in [0.2, 0.25) is 0 Å². The van der Waals surface area contributed by atoms with E-state index in [2.05, 4.69) is 28.4 Å². The summed E-state index contributed by atoms with van der Waals surface area (Å²) in [6.45, 7) is 7.42. The molecular weight excluding hydrogens is 252 g/mol. The molecule has 0 spiro atoms. The van der Waals surface area contributed by atoms with Gasteiger partial charge in [-0.2, -0.15) is 0 Å². The molecule has 20 heavy (non-hydrogen) atoms. The number of nitrogens with zero attached hydrogens (tertiary/aromatic N) is 2. The van der Waals surface area contributed by atoms with E-state index in [-0.39, 0.29) is 6.04 Å². The first kappa shape index (κ1) is 15.3. The van der Waals surface area contributed by atoms with Crippen molar-refractivity contribution in [2.24, 2.45) is 5.73 Å². The zero-order chi connectivity index (χ0) is 14.4. The standard InChI is InChI=1S/C15H26N4O/c1-3-20-15-7-5-4-6-13(15)14(12-16)17-19-10-8-18(2)9-11-19/h4-7,14,17H,3,8-12,16H2,1-2H3. The monoisotopic (exact) mass is 278 g/mol. The molecule has 3 N–H and O–H groups in total. The number of nitrogens with two attached hydrogens (primary N) is 1. The molecule has 2 rings (SSSR count). The van der Waals surface area contributed by atoms with Crippen LogP contribution in [0.25, 0.3) is 0 Å². The van der Waals surface area contributed by atoms with Gasteiger partial charge in [-0.3, -0.25) is 0 Å². The van der Waals surface area contributed by atoms with Crippen LogP contribution in [-0.4, -0.2) is 56.3 Å². The summed E-state index contributed by atoms with van der Waals surface area (Å²) >= 11 is 0. The summed E-state index contributed by atoms with van der Waals surface area (Å²) in [6.07, 6.45) is 0. The zero-order valence-electron chi connectivity index (χ0n) is 12.5. The molecule has 0 radical (unpaired) electrons. The Morgan fingerprint density at radius 1 is 1.25 bits per heavy atom. The molecule has 5 heteroatoms. The number of hydrogen-bond donors (Lipinski definition) is 2. The molecule has 1 aliphatic heterocycles. The number of rotatable bonds is 6. The van der Waals surface area contributed by atoms with Crippen LogP contribution in [0.1, 0.15) is 18.5 Å². The highest BCUT2D eigenvalue weighted by Gasteiger charge is 2.20. The summed E-state index contributed by atoms with van der Waals surface area (Å²) in [4.78, 5) is 2.34. The number of benzene rings is 1. The Balaban J connectivity index is 2.04. The topological polar surface area (TPSA) is 53.8 Å². The summed E-state index contributed by atoms with van der Waals surface area (Å²) in [5.74, 6) is 0.923. The van der Waals surface area contributed by atoms with Gasteiger partial charge in [0.15, 0.2) is 0 Å². The largest absolute Gasteiger partial charge is 0.494 e. The van der Waals surface area contributed by atoms with E-state index in [1.165, 1.54) is 0 Å². The van der Waals surface area contributed by atoms with E-state index in [0.717, 1.165) is 37.5 Å². The lowest BCUT2D eigenvalue weighted by Crippen LogP contribution is -2.52. The van der Waals surface area contributed by atoms with Crippen LogP contribution < -0.4 is 15.9 Å². The molecule has 0 aliphatic carbocycles. The van der Waals surface area contributed by atoms with Crippen LogP contribution in [-0.2, 0) is 0 Å². The molecule has 1 aromatic carbocycles. The fourth-order valence-electron chi connectivity index (χ4n) is 2.46. The molecule has 1 atom stereocenters. The van der Waals surface area contributed by atoms with E-state index >= 15 is 0 Å². The van der Waals surface area contributed by atoms with Crippen LogP contribution in [0.4, 0.5) is 0 Å². The van der Waals surface area contributed by atoms with Gasteiger partial charge in [0, 0.05) is 38.3 Å². The summed E-state index contributed by atoms with van der Waals surface area (Å²) < 4.78 is 5.70. The SMILES string of the molecule is CCOc1ccccc1C(CN)NN1CCN(C)CC1. The number of piperazine rings is 1. The normalized spacial score (nSPS) is 18.9. The fraction of sp³-hybridized carbons (Fsp3) is 0.600. The highest BCUT2D eigenvalue weighted by Crippen LogP contribution is 2.24. The van der Waals surface area contributed by atoms with Gasteiger partial charge in [-0.15, -0.1) is 0 Å². The predicted molar refractivity (Wildman–Crippen MR) is 81.6 cm³/mol. The maximum absolute atomic E-state index is 5.96. The molecule has 0 aromatic heterocycles. The van der Waals surface area contributed by atoms with E-state index < -0.39 is 0 Å². The van der Waals surface area contributed by atoms with Gasteiger partial charge >= 0.3 is 0 Å². The minimum atomic E-state index is 0.0983. The molecule has 1 unspecified atom stereocenters. The first-order valence-electron chi connectivity index (χ1n) is 7.36. The van der Waals surface area contributed by atoms with Gasteiger partial charge < -0.3 is 15.4 Å². The van der Waals surface area contributed by atoms with Gasteiger partial charge in [0.1, 0.15) is 5.75 Å². The molecule has 1 aliphatic rings. The lowest BCUT2D eigenvalue weighted by atomic mass is 10.1. The van der Waals surface area contributed by atoms with Crippen LogP contribution >= 0.6 is 0 Å². The van der Waals surface area contributed by atoms with Gasteiger partial charge in [-0.25, -0.2) is 10.4 Å². The smallest absolute Gasteiger partial charge is 0.124 e. The van der Waals surface area contributed by atoms with Crippen molar-refractivity contribution in [3.8, 4) is 5.75 Å². The Bertz CT molecular complexity index is 405. The minimum absolute atomic E-state index is 0.0983. The summed E-state index contributed by atoms with van der Waals surface area (Å²) in [5.41, 5.74) is 10.6. The first-order valence-corrected chi connectivity index (χ1v) is 7.36. The third-order valence-corrected chi connectivity index (χ3v) is 3.67.